The van der Waals surface area contributed by atoms with Gasteiger partial charge in [0.2, 0.25) is 0 Å². The van der Waals surface area contributed by atoms with Gasteiger partial charge in [-0.1, -0.05) is 0 Å². The van der Waals surface area contributed by atoms with Crippen LogP contribution >= 0.6 is 0 Å². The minimum Gasteiger partial charge on any atom is -0.357 e. The van der Waals surface area contributed by atoms with E-state index in [1.807, 2.05) is 6.92 Å². The third-order valence-corrected chi connectivity index (χ3v) is 6.54. The zero-order valence-electron chi connectivity index (χ0n) is 13.3. The van der Waals surface area contributed by atoms with Crippen LogP contribution in [0.5, 0.6) is 0 Å². The minimum absolute atomic E-state index is 0.00494. The number of sulfone groups is 1. The first-order chi connectivity index (χ1) is 10.6. The van der Waals surface area contributed by atoms with Crippen LogP contribution in [0, 0.1) is 0 Å². The van der Waals surface area contributed by atoms with Crippen LogP contribution in [0.1, 0.15) is 13.3 Å². The summed E-state index contributed by atoms with van der Waals surface area (Å²) in [5.74, 6) is 1.26. The number of piperazine rings is 3. The van der Waals surface area contributed by atoms with Gasteiger partial charge in [-0.05, 0) is 13.3 Å². The van der Waals surface area contributed by atoms with E-state index >= 15 is 0 Å². The molecule has 8 heteroatoms. The van der Waals surface area contributed by atoms with Gasteiger partial charge in [-0.3, -0.25) is 14.8 Å². The molecule has 0 aromatic heterocycles. The summed E-state index contributed by atoms with van der Waals surface area (Å²) in [7, 11) is -2.86. The fourth-order valence-corrected chi connectivity index (χ4v) is 5.19. The second-order valence-electron chi connectivity index (χ2n) is 6.45. The molecule has 0 saturated carbocycles. The second-order valence-corrected chi connectivity index (χ2v) is 8.68. The van der Waals surface area contributed by atoms with E-state index < -0.39 is 9.84 Å². The highest BCUT2D eigenvalue weighted by molar-refractivity contribution is 7.91. The van der Waals surface area contributed by atoms with Crippen molar-refractivity contribution in [3.63, 3.8) is 0 Å². The first-order valence-electron chi connectivity index (χ1n) is 8.27. The minimum atomic E-state index is -2.86. The molecule has 0 aromatic carbocycles. The number of nitrogens with zero attached hydrogens (tertiary/aromatic N) is 3. The van der Waals surface area contributed by atoms with Crippen LogP contribution < -0.4 is 10.6 Å². The molecule has 4 fully saturated rings. The van der Waals surface area contributed by atoms with Crippen LogP contribution in [0.25, 0.3) is 0 Å². The van der Waals surface area contributed by atoms with Gasteiger partial charge in [-0.15, -0.1) is 0 Å². The molecule has 2 N–H and O–H groups in total. The lowest BCUT2D eigenvalue weighted by atomic mass is 10.1. The Morgan fingerprint density at radius 3 is 2.59 bits per heavy atom. The number of fused-ring (bicyclic) bond motifs is 3. The molecular formula is C14H27N5O2S. The SMILES string of the molecule is CCNC(=NCC1CN2CCN1CC2)NC1CCS(=O)(=O)C1. The van der Waals surface area contributed by atoms with Gasteiger partial charge in [0.1, 0.15) is 0 Å². The molecule has 4 aliphatic rings. The van der Waals surface area contributed by atoms with Crippen LogP contribution in [-0.4, -0.2) is 93.6 Å². The molecule has 4 aliphatic heterocycles. The quantitative estimate of drug-likeness (QED) is 0.495. The molecule has 0 aliphatic carbocycles. The van der Waals surface area contributed by atoms with E-state index in [4.69, 9.17) is 4.99 Å². The van der Waals surface area contributed by atoms with Crippen molar-refractivity contribution in [1.82, 2.24) is 20.4 Å². The number of hydrogen-bond donors (Lipinski definition) is 2. The summed E-state index contributed by atoms with van der Waals surface area (Å²) in [5, 5.41) is 6.52. The van der Waals surface area contributed by atoms with Crippen molar-refractivity contribution in [3.8, 4) is 0 Å². The van der Waals surface area contributed by atoms with Gasteiger partial charge in [0, 0.05) is 51.4 Å². The van der Waals surface area contributed by atoms with Gasteiger partial charge in [0.15, 0.2) is 15.8 Å². The Balaban J connectivity index is 1.56. The molecule has 4 rings (SSSR count). The summed E-state index contributed by atoms with van der Waals surface area (Å²) in [6.45, 7) is 9.32. The topological polar surface area (TPSA) is 77.0 Å². The number of aliphatic imine (C=N–C) groups is 1. The summed E-state index contributed by atoms with van der Waals surface area (Å²) in [5.41, 5.74) is 0. The molecule has 7 nitrogen and oxygen atoms in total. The summed E-state index contributed by atoms with van der Waals surface area (Å²) >= 11 is 0. The zero-order valence-corrected chi connectivity index (χ0v) is 14.1. The first-order valence-corrected chi connectivity index (χ1v) is 10.1. The lowest BCUT2D eigenvalue weighted by Crippen LogP contribution is -2.62. The second kappa shape index (κ2) is 6.72. The van der Waals surface area contributed by atoms with Crippen molar-refractivity contribution >= 4 is 15.8 Å². The van der Waals surface area contributed by atoms with Crippen LogP contribution in [0.3, 0.4) is 0 Å². The van der Waals surface area contributed by atoms with E-state index in [2.05, 4.69) is 20.4 Å². The van der Waals surface area contributed by atoms with Crippen molar-refractivity contribution in [2.45, 2.75) is 25.4 Å². The van der Waals surface area contributed by atoms with E-state index in [1.54, 1.807) is 0 Å². The maximum absolute atomic E-state index is 11.6. The van der Waals surface area contributed by atoms with E-state index in [0.29, 0.717) is 12.5 Å². The molecule has 2 unspecified atom stereocenters. The highest BCUT2D eigenvalue weighted by atomic mass is 32.2. The average Bonchev–Trinajstić information content (AvgIpc) is 2.85. The standard InChI is InChI=1S/C14H27N5O2S/c1-2-15-14(17-12-3-8-22(20,21)11-12)16-9-13-10-18-4-6-19(13)7-5-18/h12-13H,2-11H2,1H3,(H2,15,16,17). The van der Waals surface area contributed by atoms with Gasteiger partial charge < -0.3 is 10.6 Å². The number of rotatable bonds is 4. The Morgan fingerprint density at radius 1 is 1.27 bits per heavy atom. The predicted octanol–water partition coefficient (Wildman–Crippen LogP) is -1.27. The Labute approximate surface area is 133 Å². The van der Waals surface area contributed by atoms with E-state index in [-0.39, 0.29) is 17.5 Å². The van der Waals surface area contributed by atoms with Crippen molar-refractivity contribution in [1.29, 1.82) is 0 Å². The van der Waals surface area contributed by atoms with Crippen LogP contribution in [0.4, 0.5) is 0 Å². The summed E-state index contributed by atoms with van der Waals surface area (Å²) in [4.78, 5) is 9.72. The Kier molecular flexibility index (Phi) is 4.89. The summed E-state index contributed by atoms with van der Waals surface area (Å²) in [6, 6.07) is 0.486. The molecule has 126 valence electrons. The number of nitrogens with one attached hydrogen (secondary N) is 2. The first kappa shape index (κ1) is 16.0. The molecule has 2 atom stereocenters. The summed E-state index contributed by atoms with van der Waals surface area (Å²) < 4.78 is 23.1. The molecule has 2 bridgehead atoms. The zero-order chi connectivity index (χ0) is 15.6. The van der Waals surface area contributed by atoms with Crippen molar-refractivity contribution < 1.29 is 8.42 Å². The van der Waals surface area contributed by atoms with Crippen molar-refractivity contribution in [2.75, 3.05) is 57.3 Å². The predicted molar refractivity (Wildman–Crippen MR) is 88.0 cm³/mol. The van der Waals surface area contributed by atoms with Gasteiger partial charge in [-0.2, -0.15) is 0 Å². The molecular weight excluding hydrogens is 302 g/mol. The summed E-state index contributed by atoms with van der Waals surface area (Å²) in [6.07, 6.45) is 0.677. The number of guanidine groups is 1. The van der Waals surface area contributed by atoms with Crippen molar-refractivity contribution in [3.05, 3.63) is 0 Å². The van der Waals surface area contributed by atoms with E-state index in [1.165, 1.54) is 13.1 Å². The molecule has 4 saturated heterocycles. The fourth-order valence-electron chi connectivity index (χ4n) is 3.52. The van der Waals surface area contributed by atoms with Crippen LogP contribution in [0.2, 0.25) is 0 Å². The normalized spacial score (nSPS) is 37.2. The Hall–Kier alpha value is -0.860. The molecule has 0 radical (unpaired) electrons. The van der Waals surface area contributed by atoms with Crippen LogP contribution in [-0.2, 0) is 9.84 Å². The maximum atomic E-state index is 11.6. The van der Waals surface area contributed by atoms with Gasteiger partial charge >= 0.3 is 0 Å². The van der Waals surface area contributed by atoms with Gasteiger partial charge in [0.25, 0.3) is 0 Å². The Morgan fingerprint density at radius 2 is 2.05 bits per heavy atom. The van der Waals surface area contributed by atoms with E-state index in [9.17, 15) is 8.42 Å². The highest BCUT2D eigenvalue weighted by Crippen LogP contribution is 2.16. The smallest absolute Gasteiger partial charge is 0.191 e. The molecule has 4 heterocycles. The molecule has 0 spiro atoms. The monoisotopic (exact) mass is 329 g/mol. The van der Waals surface area contributed by atoms with E-state index in [0.717, 1.165) is 38.7 Å². The van der Waals surface area contributed by atoms with Gasteiger partial charge in [-0.25, -0.2) is 8.42 Å². The fraction of sp³-hybridized carbons (Fsp3) is 0.929. The van der Waals surface area contributed by atoms with Crippen LogP contribution in [0.15, 0.2) is 4.99 Å². The lowest BCUT2D eigenvalue weighted by molar-refractivity contribution is 0.0174. The third-order valence-electron chi connectivity index (χ3n) is 4.77. The van der Waals surface area contributed by atoms with Gasteiger partial charge in [0.05, 0.1) is 18.1 Å². The van der Waals surface area contributed by atoms with Crippen molar-refractivity contribution in [2.24, 2.45) is 4.99 Å². The lowest BCUT2D eigenvalue weighted by Gasteiger charge is -2.47. The molecule has 0 aromatic rings. The maximum Gasteiger partial charge on any atom is 0.191 e. The third kappa shape index (κ3) is 3.91. The highest BCUT2D eigenvalue weighted by Gasteiger charge is 2.32. The largest absolute Gasteiger partial charge is 0.357 e. The number of hydrogen-bond acceptors (Lipinski definition) is 5. The Bertz CT molecular complexity index is 513. The molecule has 0 amide bonds. The molecule has 22 heavy (non-hydrogen) atoms. The average molecular weight is 329 g/mol.